The molecule has 1 aliphatic rings. The van der Waals surface area contributed by atoms with Crippen LogP contribution in [0.1, 0.15) is 27.4 Å². The highest BCUT2D eigenvalue weighted by Crippen LogP contribution is 2.33. The minimum atomic E-state index is -2.78. The zero-order valence-corrected chi connectivity index (χ0v) is 14.5. The number of thioether (sulfide) groups is 1. The summed E-state index contributed by atoms with van der Waals surface area (Å²) in [6.45, 7) is -2.78. The van der Waals surface area contributed by atoms with Crippen molar-refractivity contribution in [3.05, 3.63) is 30.1 Å². The van der Waals surface area contributed by atoms with Crippen LogP contribution in [0.25, 0.3) is 0 Å². The van der Waals surface area contributed by atoms with Crippen molar-refractivity contribution in [3.63, 3.8) is 0 Å². The van der Waals surface area contributed by atoms with Gasteiger partial charge in [0, 0.05) is 29.3 Å². The summed E-state index contributed by atoms with van der Waals surface area (Å²) in [6.07, 6.45) is 2.86. The Labute approximate surface area is 161 Å². The Hall–Kier alpha value is -2.82. The van der Waals surface area contributed by atoms with E-state index < -0.39 is 24.3 Å². The summed E-state index contributed by atoms with van der Waals surface area (Å²) in [6, 6.07) is 4.12. The molecule has 3 rings (SSSR count). The third kappa shape index (κ3) is 4.88. The Bertz CT molecular complexity index is 959. The van der Waals surface area contributed by atoms with Gasteiger partial charge in [-0.25, -0.2) is 4.98 Å². The summed E-state index contributed by atoms with van der Waals surface area (Å²) in [5.41, 5.74) is -0.471. The van der Waals surface area contributed by atoms with E-state index >= 15 is 0 Å². The summed E-state index contributed by atoms with van der Waals surface area (Å²) in [5.74, 6) is -4.15. The van der Waals surface area contributed by atoms with E-state index in [4.69, 9.17) is 4.11 Å². The molecule has 0 aliphatic heterocycles. The number of halogens is 2. The first-order chi connectivity index (χ1) is 14.1. The van der Waals surface area contributed by atoms with Crippen LogP contribution in [0.3, 0.4) is 0 Å². The molecule has 0 saturated heterocycles. The molecule has 1 fully saturated rings. The number of hydrogen-bond donors (Lipinski definition) is 3. The summed E-state index contributed by atoms with van der Waals surface area (Å²) in [4.78, 5) is 28.4. The first-order valence-corrected chi connectivity index (χ1v) is 8.68. The van der Waals surface area contributed by atoms with E-state index in [-0.39, 0.29) is 45.8 Å². The van der Waals surface area contributed by atoms with E-state index in [1.54, 1.807) is 5.32 Å². The summed E-state index contributed by atoms with van der Waals surface area (Å²) in [7, 11) is 0. The van der Waals surface area contributed by atoms with Crippen LogP contribution in [0, 0.1) is 5.92 Å². The molecule has 2 aromatic rings. The number of nitrogens with one attached hydrogen (secondary N) is 3. The number of amides is 2. The van der Waals surface area contributed by atoms with E-state index in [0.29, 0.717) is 0 Å². The second-order valence-corrected chi connectivity index (χ2v) is 6.60. The highest BCUT2D eigenvalue weighted by Gasteiger charge is 2.30. The Balaban J connectivity index is 1.94. The zero-order valence-electron chi connectivity index (χ0n) is 16.7. The molecule has 8 nitrogen and oxygen atoms in total. The lowest BCUT2D eigenvalue weighted by atomic mass is 10.2. The quantitative estimate of drug-likeness (QED) is 0.616. The Morgan fingerprint density at radius 1 is 1.37 bits per heavy atom. The number of aromatic nitrogens is 3. The standard InChI is InChI=1S/C16H16F2N6O2S/c1-19-15(26)12-9(7-11(23-24-12)22-14(25)8-4-5-8)21-13-10(27-16(17)18)3-2-6-20-13/h2-3,6-8,16H,4-5H2,1H3,(H,19,26)(H2,20,21,22,23,25)/i1D3. The number of pyridine rings is 1. The van der Waals surface area contributed by atoms with Crippen molar-refractivity contribution in [3.8, 4) is 0 Å². The molecule has 0 aromatic carbocycles. The second-order valence-electron chi connectivity index (χ2n) is 5.56. The van der Waals surface area contributed by atoms with Gasteiger partial charge in [0.25, 0.3) is 11.7 Å². The van der Waals surface area contributed by atoms with Crippen LogP contribution in [0.4, 0.5) is 26.1 Å². The summed E-state index contributed by atoms with van der Waals surface area (Å²) >= 11 is 0.241. The second kappa shape index (κ2) is 8.25. The number of carbonyl (C=O) groups is 2. The molecule has 1 aliphatic carbocycles. The number of carbonyl (C=O) groups excluding carboxylic acids is 2. The van der Waals surface area contributed by atoms with E-state index in [1.807, 2.05) is 0 Å². The number of rotatable bonds is 7. The Morgan fingerprint density at radius 3 is 2.89 bits per heavy atom. The Kier molecular flexibility index (Phi) is 4.66. The van der Waals surface area contributed by atoms with Gasteiger partial charge in [-0.3, -0.25) is 9.59 Å². The van der Waals surface area contributed by atoms with Gasteiger partial charge in [0.2, 0.25) is 5.91 Å². The van der Waals surface area contributed by atoms with Crippen molar-refractivity contribution >= 4 is 40.9 Å². The SMILES string of the molecule is [2H]C([2H])([2H])NC(=O)c1nnc(NC(=O)C2CC2)cc1Nc1ncccc1SC(F)F. The number of hydrogen-bond acceptors (Lipinski definition) is 7. The largest absolute Gasteiger partial charge is 0.354 e. The van der Waals surface area contributed by atoms with E-state index in [0.717, 1.165) is 12.8 Å². The van der Waals surface area contributed by atoms with Crippen molar-refractivity contribution in [2.24, 2.45) is 5.92 Å². The summed E-state index contributed by atoms with van der Waals surface area (Å²) < 4.78 is 47.2. The van der Waals surface area contributed by atoms with Gasteiger partial charge in [0.05, 0.1) is 10.6 Å². The highest BCUT2D eigenvalue weighted by molar-refractivity contribution is 7.99. The van der Waals surface area contributed by atoms with E-state index in [1.165, 1.54) is 24.4 Å². The molecule has 27 heavy (non-hydrogen) atoms. The maximum atomic E-state index is 12.8. The van der Waals surface area contributed by atoms with Crippen molar-refractivity contribution in [1.82, 2.24) is 20.5 Å². The molecule has 11 heteroatoms. The van der Waals surface area contributed by atoms with Crippen molar-refractivity contribution in [2.75, 3.05) is 17.6 Å². The molecule has 2 amide bonds. The van der Waals surface area contributed by atoms with Gasteiger partial charge >= 0.3 is 0 Å². The molecule has 0 atom stereocenters. The number of nitrogens with zero attached hydrogens (tertiary/aromatic N) is 3. The van der Waals surface area contributed by atoms with Crippen LogP contribution in [0.5, 0.6) is 0 Å². The van der Waals surface area contributed by atoms with Gasteiger partial charge in [-0.1, -0.05) is 11.8 Å². The highest BCUT2D eigenvalue weighted by atomic mass is 32.2. The molecule has 0 unspecified atom stereocenters. The van der Waals surface area contributed by atoms with Crippen LogP contribution < -0.4 is 16.0 Å². The van der Waals surface area contributed by atoms with Crippen LogP contribution >= 0.6 is 11.8 Å². The maximum Gasteiger partial charge on any atom is 0.289 e. The first-order valence-electron chi connectivity index (χ1n) is 9.30. The van der Waals surface area contributed by atoms with Gasteiger partial charge < -0.3 is 16.0 Å². The first kappa shape index (κ1) is 15.3. The fourth-order valence-electron chi connectivity index (χ4n) is 2.15. The lowest BCUT2D eigenvalue weighted by Gasteiger charge is -2.13. The molecule has 0 radical (unpaired) electrons. The molecule has 0 spiro atoms. The van der Waals surface area contributed by atoms with Crippen molar-refractivity contribution in [2.45, 2.75) is 23.5 Å². The van der Waals surface area contributed by atoms with E-state index in [9.17, 15) is 18.4 Å². The average molecular weight is 397 g/mol. The third-order valence-electron chi connectivity index (χ3n) is 3.56. The van der Waals surface area contributed by atoms with Crippen molar-refractivity contribution < 1.29 is 22.5 Å². The van der Waals surface area contributed by atoms with E-state index in [2.05, 4.69) is 25.8 Å². The minimum absolute atomic E-state index is 0.00166. The zero-order chi connectivity index (χ0) is 21.9. The molecule has 3 N–H and O–H groups in total. The lowest BCUT2D eigenvalue weighted by molar-refractivity contribution is -0.117. The predicted molar refractivity (Wildman–Crippen MR) is 96.2 cm³/mol. The number of alkyl halides is 2. The third-order valence-corrected chi connectivity index (χ3v) is 4.32. The molecule has 142 valence electrons. The predicted octanol–water partition coefficient (Wildman–Crippen LogP) is 2.64. The van der Waals surface area contributed by atoms with Gasteiger partial charge in [0.15, 0.2) is 11.5 Å². The Morgan fingerprint density at radius 2 is 2.19 bits per heavy atom. The van der Waals surface area contributed by atoms with Crippen molar-refractivity contribution in [1.29, 1.82) is 0 Å². The smallest absolute Gasteiger partial charge is 0.289 e. The minimum Gasteiger partial charge on any atom is -0.354 e. The maximum absolute atomic E-state index is 12.8. The fourth-order valence-corrected chi connectivity index (χ4v) is 2.72. The summed E-state index contributed by atoms with van der Waals surface area (Å²) in [5, 5.41) is 14.5. The van der Waals surface area contributed by atoms with Crippen LogP contribution in [-0.2, 0) is 4.79 Å². The van der Waals surface area contributed by atoms with Crippen LogP contribution in [0.15, 0.2) is 29.3 Å². The monoisotopic (exact) mass is 397 g/mol. The fraction of sp³-hybridized carbons (Fsp3) is 0.312. The normalized spacial score (nSPS) is 15.4. The molecule has 0 bridgehead atoms. The van der Waals surface area contributed by atoms with Gasteiger partial charge in [0.1, 0.15) is 5.82 Å². The molecular formula is C16H16F2N6O2S. The molecular weight excluding hydrogens is 378 g/mol. The molecule has 2 aromatic heterocycles. The number of anilines is 3. The lowest BCUT2D eigenvalue weighted by Crippen LogP contribution is -2.22. The molecule has 2 heterocycles. The molecule has 1 saturated carbocycles. The van der Waals surface area contributed by atoms with Gasteiger partial charge in [-0.15, -0.1) is 10.2 Å². The van der Waals surface area contributed by atoms with Gasteiger partial charge in [-0.2, -0.15) is 8.78 Å². The van der Waals surface area contributed by atoms with Gasteiger partial charge in [-0.05, 0) is 25.0 Å². The topological polar surface area (TPSA) is 109 Å². The average Bonchev–Trinajstić information content (AvgIpc) is 3.47. The van der Waals surface area contributed by atoms with Crippen LogP contribution in [-0.4, -0.2) is 39.7 Å². The van der Waals surface area contributed by atoms with Crippen LogP contribution in [0.2, 0.25) is 0 Å².